The van der Waals surface area contributed by atoms with Crippen molar-refractivity contribution in [3.05, 3.63) is 438 Å². The zero-order valence-corrected chi connectivity index (χ0v) is 68.0. The van der Waals surface area contributed by atoms with E-state index in [9.17, 15) is 0 Å². The number of para-hydroxylation sites is 4. The molecule has 7 heterocycles. The highest BCUT2D eigenvalue weighted by molar-refractivity contribution is 6.39. The third-order valence-corrected chi connectivity index (χ3v) is 24.9. The van der Waals surface area contributed by atoms with Crippen LogP contribution < -0.4 is 0 Å². The van der Waals surface area contributed by atoms with Crippen LogP contribution in [-0.4, -0.2) is 49.0 Å². The molecule has 0 spiro atoms. The normalized spacial score (nSPS) is 11.7. The predicted molar refractivity (Wildman–Crippen MR) is 517 cm³/mol. The fraction of sp³-hybridized carbons (Fsp3) is 0. The summed E-state index contributed by atoms with van der Waals surface area (Å²) in [6, 6.07) is 146. The smallest absolute Gasteiger partial charge is 0.145 e. The molecule has 0 saturated heterocycles. The topological polar surface area (TPSA) is 113 Å². The Morgan fingerprint density at radius 3 is 0.762 bits per heavy atom. The van der Waals surface area contributed by atoms with Gasteiger partial charge in [-0.05, 0) is 244 Å². The minimum absolute atomic E-state index is 0.807. The summed E-state index contributed by atoms with van der Waals surface area (Å²) in [6.45, 7) is 0. The van der Waals surface area contributed by atoms with Crippen LogP contribution in [0.3, 0.4) is 0 Å². The highest BCUT2D eigenvalue weighted by Gasteiger charge is 2.26. The van der Waals surface area contributed by atoms with E-state index in [1.807, 2.05) is 73.3 Å². The SMILES string of the molecule is c1ccc(-c2ccc(-c3ccccc3-c3cc(-c4ccccc4-c4ccc(-c5ccccn5)cc4)cc(-c4nc5ccccc5n4-c4ccc5c(c4)c4cccc6c7cc(-n8c(-c9cc(-c%10ccccc%10-c%10ccc(-c%11ccccn%11)cc%10)cc(-c%10ccccc%10-c%10ccc(-c%11ccccn%11)cc%10)c9)nc9ccccc98)ccc7c7ncnc5c7c46)c3)cc2)nc1. The lowest BCUT2D eigenvalue weighted by atomic mass is 9.88. The molecule has 126 heavy (non-hydrogen) atoms. The minimum Gasteiger partial charge on any atom is -0.292 e. The number of fused-ring (bicyclic) bond motifs is 8. The van der Waals surface area contributed by atoms with Gasteiger partial charge in [-0.2, -0.15) is 0 Å². The molecule has 0 aliphatic heterocycles. The lowest BCUT2D eigenvalue weighted by molar-refractivity contribution is 1.11. The minimum atomic E-state index is 0.807. The van der Waals surface area contributed by atoms with E-state index in [-0.39, 0.29) is 0 Å². The molecule has 0 bridgehead atoms. The third kappa shape index (κ3) is 12.7. The van der Waals surface area contributed by atoms with E-state index in [2.05, 4.69) is 387 Å². The standard InChI is InChI=1S/C116H72N10/c1-5-26-93(89(22-1)73-40-48-77(49-41-73)103-32-13-17-60-117-103)81-64-82(94-27-6-2-23-90(94)74-42-50-78(51-43-74)104-33-14-18-61-118-104)67-85(66-81)115-123-107-36-9-11-38-109(107)125(115)87-56-58-99-101(70-87)97-30-21-31-98-102-71-88(57-59-100(102)114-112(111(97)98)113(99)121-72-122-114)126-110-39-12-10-37-108(110)124-116(126)86-68-83(95-28-7-3-24-91(95)75-44-52-79(53-45-75)105-34-15-19-62-119-105)65-84(69-86)96-29-8-4-25-92(96)76-46-54-80(55-47-76)106-35-16-20-63-120-106/h1-72H. The summed E-state index contributed by atoms with van der Waals surface area (Å²) in [6.07, 6.45) is 9.13. The summed E-state index contributed by atoms with van der Waals surface area (Å²) in [5.74, 6) is 1.61. The first-order chi connectivity index (χ1) is 62.5. The maximum absolute atomic E-state index is 5.70. The molecule has 0 saturated carbocycles. The number of nitrogens with zero attached hydrogens (tertiary/aromatic N) is 10. The number of hydrogen-bond donors (Lipinski definition) is 0. The van der Waals surface area contributed by atoms with Crippen LogP contribution in [0.4, 0.5) is 0 Å². The largest absolute Gasteiger partial charge is 0.292 e. The van der Waals surface area contributed by atoms with Crippen LogP contribution in [0.1, 0.15) is 0 Å². The Balaban J connectivity index is 0.671. The molecule has 0 aliphatic rings. The van der Waals surface area contributed by atoms with Crippen LogP contribution >= 0.6 is 0 Å². The second-order valence-electron chi connectivity index (χ2n) is 32.1. The van der Waals surface area contributed by atoms with Crippen molar-refractivity contribution in [2.45, 2.75) is 0 Å². The first-order valence-electron chi connectivity index (χ1n) is 42.5. The molecule has 17 aromatic carbocycles. The Bertz CT molecular complexity index is 7570. The third-order valence-electron chi connectivity index (χ3n) is 24.9. The first kappa shape index (κ1) is 72.9. The van der Waals surface area contributed by atoms with Crippen molar-refractivity contribution in [2.24, 2.45) is 0 Å². The van der Waals surface area contributed by atoms with Gasteiger partial charge in [-0.3, -0.25) is 29.1 Å². The summed E-state index contributed by atoms with van der Waals surface area (Å²) in [5.41, 5.74) is 34.7. The quantitative estimate of drug-likeness (QED) is 0.0694. The van der Waals surface area contributed by atoms with Gasteiger partial charge in [0, 0.05) is 91.1 Å². The zero-order valence-electron chi connectivity index (χ0n) is 68.0. The van der Waals surface area contributed by atoms with E-state index in [1.54, 1.807) is 6.33 Å². The Morgan fingerprint density at radius 2 is 0.452 bits per heavy atom. The number of imidazole rings is 2. The van der Waals surface area contributed by atoms with Gasteiger partial charge in [0.15, 0.2) is 0 Å². The molecular formula is C116H72N10. The van der Waals surface area contributed by atoms with Gasteiger partial charge < -0.3 is 0 Å². The van der Waals surface area contributed by atoms with Gasteiger partial charge in [0.2, 0.25) is 0 Å². The molecular weight excluding hydrogens is 1530 g/mol. The lowest BCUT2D eigenvalue weighted by Gasteiger charge is -2.19. The highest BCUT2D eigenvalue weighted by Crippen LogP contribution is 2.49. The summed E-state index contributed by atoms with van der Waals surface area (Å²) in [5, 5.41) is 8.52. The molecule has 0 unspecified atom stereocenters. The Labute approximate surface area is 726 Å². The van der Waals surface area contributed by atoms with Crippen molar-refractivity contribution in [3.63, 3.8) is 0 Å². The van der Waals surface area contributed by atoms with E-state index in [4.69, 9.17) is 19.9 Å². The van der Waals surface area contributed by atoms with Gasteiger partial charge in [-0.1, -0.05) is 273 Å². The van der Waals surface area contributed by atoms with Crippen molar-refractivity contribution in [1.29, 1.82) is 0 Å². The number of rotatable bonds is 16. The maximum Gasteiger partial charge on any atom is 0.145 e. The van der Waals surface area contributed by atoms with Crippen LogP contribution in [0, 0.1) is 0 Å². The van der Waals surface area contributed by atoms with Crippen molar-refractivity contribution in [3.8, 4) is 168 Å². The molecule has 0 aliphatic carbocycles. The second kappa shape index (κ2) is 30.6. The summed E-state index contributed by atoms with van der Waals surface area (Å²) in [7, 11) is 0. The van der Waals surface area contributed by atoms with E-state index in [1.165, 1.54) is 0 Å². The predicted octanol–water partition coefficient (Wildman–Crippen LogP) is 29.3. The van der Waals surface area contributed by atoms with E-state index in [0.717, 1.165) is 244 Å². The summed E-state index contributed by atoms with van der Waals surface area (Å²) in [4.78, 5) is 40.7. The number of aromatic nitrogens is 10. The molecule has 0 amide bonds. The Kier molecular flexibility index (Phi) is 17.7. The number of benzene rings is 17. The fourth-order valence-corrected chi connectivity index (χ4v) is 19.0. The lowest BCUT2D eigenvalue weighted by Crippen LogP contribution is -2.00. The van der Waals surface area contributed by atoms with Crippen LogP contribution in [0.15, 0.2) is 438 Å². The van der Waals surface area contributed by atoms with Gasteiger partial charge >= 0.3 is 0 Å². The van der Waals surface area contributed by atoms with Gasteiger partial charge in [0.1, 0.15) is 18.0 Å². The highest BCUT2D eigenvalue weighted by atomic mass is 15.1. The molecule has 0 radical (unpaired) electrons. The van der Waals surface area contributed by atoms with Crippen LogP contribution in [-0.2, 0) is 0 Å². The second-order valence-corrected chi connectivity index (χ2v) is 32.1. The molecule has 24 rings (SSSR count). The molecule has 586 valence electrons. The van der Waals surface area contributed by atoms with Crippen LogP contribution in [0.5, 0.6) is 0 Å². The van der Waals surface area contributed by atoms with Crippen molar-refractivity contribution >= 4 is 76.2 Å². The van der Waals surface area contributed by atoms with E-state index in [0.29, 0.717) is 0 Å². The van der Waals surface area contributed by atoms with Crippen molar-refractivity contribution in [1.82, 2.24) is 49.0 Å². The Hall–Kier alpha value is -17.1. The summed E-state index contributed by atoms with van der Waals surface area (Å²) < 4.78 is 4.71. The van der Waals surface area contributed by atoms with Crippen molar-refractivity contribution in [2.75, 3.05) is 0 Å². The number of pyridine rings is 4. The monoisotopic (exact) mass is 1600 g/mol. The molecule has 7 aromatic heterocycles. The molecule has 10 nitrogen and oxygen atoms in total. The molecule has 24 aromatic rings. The fourth-order valence-electron chi connectivity index (χ4n) is 19.0. The molecule has 0 atom stereocenters. The van der Waals surface area contributed by atoms with E-state index >= 15 is 0 Å². The number of hydrogen-bond acceptors (Lipinski definition) is 8. The zero-order chi connectivity index (χ0) is 83.1. The first-order valence-corrected chi connectivity index (χ1v) is 42.5. The van der Waals surface area contributed by atoms with Crippen molar-refractivity contribution < 1.29 is 0 Å². The molecule has 10 heteroatoms. The maximum atomic E-state index is 5.70. The Morgan fingerprint density at radius 1 is 0.175 bits per heavy atom. The summed E-state index contributed by atoms with van der Waals surface area (Å²) >= 11 is 0. The van der Waals surface area contributed by atoms with Gasteiger partial charge in [-0.25, -0.2) is 19.9 Å². The van der Waals surface area contributed by atoms with E-state index < -0.39 is 0 Å². The average Bonchev–Trinajstić information content (AvgIpc) is 0.823. The molecule has 0 fully saturated rings. The van der Waals surface area contributed by atoms with Gasteiger partial charge in [0.25, 0.3) is 0 Å². The van der Waals surface area contributed by atoms with Gasteiger partial charge in [-0.15, -0.1) is 0 Å². The average molecular weight is 1610 g/mol. The molecule has 0 N–H and O–H groups in total. The van der Waals surface area contributed by atoms with Crippen LogP contribution in [0.25, 0.3) is 244 Å². The van der Waals surface area contributed by atoms with Crippen LogP contribution in [0.2, 0.25) is 0 Å². The van der Waals surface area contributed by atoms with Gasteiger partial charge in [0.05, 0.1) is 55.9 Å².